The van der Waals surface area contributed by atoms with Crippen molar-refractivity contribution in [3.8, 4) is 0 Å². The van der Waals surface area contributed by atoms with Gasteiger partial charge in [-0.3, -0.25) is 19.6 Å². The molecular weight excluding hydrogens is 269 g/mol. The molecular formula is C11H10FN5O3. The summed E-state index contributed by atoms with van der Waals surface area (Å²) in [5.74, 6) is -1.72. The van der Waals surface area contributed by atoms with E-state index >= 15 is 0 Å². The maximum absolute atomic E-state index is 13.2. The summed E-state index contributed by atoms with van der Waals surface area (Å²) in [6.45, 7) is 0. The monoisotopic (exact) mass is 279 g/mol. The lowest BCUT2D eigenvalue weighted by molar-refractivity contribution is -0.385. The van der Waals surface area contributed by atoms with E-state index in [0.717, 1.165) is 6.07 Å². The SMILES string of the molecule is Cn1cc(NC(=O)c2cc(N)c(F)cc2[N+](=O)[O-])cn1. The van der Waals surface area contributed by atoms with Crippen LogP contribution in [0.25, 0.3) is 0 Å². The Labute approximate surface area is 112 Å². The minimum absolute atomic E-state index is 0.322. The van der Waals surface area contributed by atoms with Crippen molar-refractivity contribution in [1.29, 1.82) is 0 Å². The summed E-state index contributed by atoms with van der Waals surface area (Å²) in [4.78, 5) is 22.0. The Hall–Kier alpha value is -2.97. The molecule has 1 aromatic heterocycles. The van der Waals surface area contributed by atoms with Gasteiger partial charge in [0.2, 0.25) is 0 Å². The molecule has 1 aromatic carbocycles. The Balaban J connectivity index is 2.38. The highest BCUT2D eigenvalue weighted by atomic mass is 19.1. The summed E-state index contributed by atoms with van der Waals surface area (Å²) >= 11 is 0. The molecule has 0 saturated heterocycles. The maximum Gasteiger partial charge on any atom is 0.285 e. The van der Waals surface area contributed by atoms with Crippen molar-refractivity contribution in [3.63, 3.8) is 0 Å². The number of nitrogen functional groups attached to an aromatic ring is 1. The van der Waals surface area contributed by atoms with Gasteiger partial charge in [-0.2, -0.15) is 5.10 Å². The van der Waals surface area contributed by atoms with Crippen LogP contribution in [0.5, 0.6) is 0 Å². The number of carbonyl (C=O) groups is 1. The number of hydrogen-bond donors (Lipinski definition) is 2. The van der Waals surface area contributed by atoms with E-state index in [9.17, 15) is 19.3 Å². The van der Waals surface area contributed by atoms with Gasteiger partial charge in [0.05, 0.1) is 28.6 Å². The smallest absolute Gasteiger partial charge is 0.285 e. The van der Waals surface area contributed by atoms with Crippen molar-refractivity contribution >= 4 is 23.0 Å². The third kappa shape index (κ3) is 2.55. The number of nitrogens with one attached hydrogen (secondary N) is 1. The number of benzene rings is 1. The van der Waals surface area contributed by atoms with E-state index in [0.29, 0.717) is 11.8 Å². The van der Waals surface area contributed by atoms with E-state index in [1.54, 1.807) is 7.05 Å². The zero-order chi connectivity index (χ0) is 14.9. The highest BCUT2D eigenvalue weighted by Gasteiger charge is 2.23. The molecule has 0 aliphatic heterocycles. The molecule has 9 heteroatoms. The van der Waals surface area contributed by atoms with Crippen LogP contribution in [0.3, 0.4) is 0 Å². The highest BCUT2D eigenvalue weighted by Crippen LogP contribution is 2.25. The quantitative estimate of drug-likeness (QED) is 0.499. The molecule has 0 bridgehead atoms. The summed E-state index contributed by atoms with van der Waals surface area (Å²) < 4.78 is 14.7. The first kappa shape index (κ1) is 13.5. The van der Waals surface area contributed by atoms with Crippen molar-refractivity contribution in [2.75, 3.05) is 11.1 Å². The molecule has 0 saturated carbocycles. The number of carbonyl (C=O) groups excluding carboxylic acids is 1. The topological polar surface area (TPSA) is 116 Å². The number of nitrogens with zero attached hydrogens (tertiary/aromatic N) is 3. The first-order chi connectivity index (χ1) is 9.38. The van der Waals surface area contributed by atoms with Gasteiger partial charge in [-0.15, -0.1) is 0 Å². The van der Waals surface area contributed by atoms with Crippen molar-refractivity contribution in [3.05, 3.63) is 46.0 Å². The molecule has 0 aliphatic rings. The molecule has 0 radical (unpaired) electrons. The number of nitrogens with two attached hydrogens (primary N) is 1. The Morgan fingerprint density at radius 1 is 1.55 bits per heavy atom. The fraction of sp³-hybridized carbons (Fsp3) is 0.0909. The number of nitro groups is 1. The molecule has 3 N–H and O–H groups in total. The van der Waals surface area contributed by atoms with Crippen LogP contribution in [0.1, 0.15) is 10.4 Å². The standard InChI is InChI=1S/C11H10FN5O3/c1-16-5-6(4-14-16)15-11(18)7-2-9(13)8(12)3-10(7)17(19)20/h2-5H,13H2,1H3,(H,15,18). The predicted molar refractivity (Wildman–Crippen MR) is 68.6 cm³/mol. The largest absolute Gasteiger partial charge is 0.396 e. The minimum atomic E-state index is -0.949. The zero-order valence-electron chi connectivity index (χ0n) is 10.3. The van der Waals surface area contributed by atoms with Gasteiger partial charge in [0, 0.05) is 13.2 Å². The molecule has 20 heavy (non-hydrogen) atoms. The molecule has 104 valence electrons. The molecule has 0 atom stereocenters. The highest BCUT2D eigenvalue weighted by molar-refractivity contribution is 6.07. The number of hydrogen-bond acceptors (Lipinski definition) is 5. The van der Waals surface area contributed by atoms with Gasteiger partial charge in [0.25, 0.3) is 11.6 Å². The third-order valence-electron chi connectivity index (χ3n) is 2.52. The number of nitro benzene ring substituents is 1. The van der Waals surface area contributed by atoms with Gasteiger partial charge in [-0.1, -0.05) is 0 Å². The molecule has 0 unspecified atom stereocenters. The van der Waals surface area contributed by atoms with Gasteiger partial charge in [-0.05, 0) is 6.07 Å². The first-order valence-corrected chi connectivity index (χ1v) is 5.42. The van der Waals surface area contributed by atoms with Crippen LogP contribution in [-0.2, 0) is 7.05 Å². The van der Waals surface area contributed by atoms with E-state index < -0.39 is 22.3 Å². The maximum atomic E-state index is 13.2. The van der Waals surface area contributed by atoms with Crippen LogP contribution in [0.15, 0.2) is 24.5 Å². The normalized spacial score (nSPS) is 10.3. The van der Waals surface area contributed by atoms with Gasteiger partial charge < -0.3 is 11.1 Å². The van der Waals surface area contributed by atoms with E-state index in [2.05, 4.69) is 10.4 Å². The number of anilines is 2. The van der Waals surface area contributed by atoms with Crippen molar-refractivity contribution in [2.45, 2.75) is 0 Å². The van der Waals surface area contributed by atoms with E-state index in [-0.39, 0.29) is 11.3 Å². The summed E-state index contributed by atoms with van der Waals surface area (Å²) in [7, 11) is 1.65. The molecule has 0 fully saturated rings. The summed E-state index contributed by atoms with van der Waals surface area (Å²) in [5, 5.41) is 17.1. The van der Waals surface area contributed by atoms with Crippen LogP contribution in [-0.4, -0.2) is 20.6 Å². The van der Waals surface area contributed by atoms with Crippen LogP contribution >= 0.6 is 0 Å². The lowest BCUT2D eigenvalue weighted by Gasteiger charge is -2.05. The predicted octanol–water partition coefficient (Wildman–Crippen LogP) is 1.30. The molecule has 2 rings (SSSR count). The van der Waals surface area contributed by atoms with E-state index in [1.165, 1.54) is 17.1 Å². The van der Waals surface area contributed by atoms with Crippen molar-refractivity contribution < 1.29 is 14.1 Å². The molecule has 0 aliphatic carbocycles. The molecule has 0 spiro atoms. The van der Waals surface area contributed by atoms with Gasteiger partial charge in [0.15, 0.2) is 5.82 Å². The van der Waals surface area contributed by atoms with Crippen LogP contribution in [0.2, 0.25) is 0 Å². The fourth-order valence-electron chi connectivity index (χ4n) is 1.60. The second kappa shape index (κ2) is 4.96. The molecule has 8 nitrogen and oxygen atoms in total. The first-order valence-electron chi connectivity index (χ1n) is 5.42. The summed E-state index contributed by atoms with van der Waals surface area (Å²) in [6.07, 6.45) is 2.88. The van der Waals surface area contributed by atoms with Gasteiger partial charge in [-0.25, -0.2) is 4.39 Å². The Morgan fingerprint density at radius 3 is 2.80 bits per heavy atom. The number of halogens is 1. The average Bonchev–Trinajstić information content (AvgIpc) is 2.77. The summed E-state index contributed by atoms with van der Waals surface area (Å²) in [5.41, 5.74) is 4.37. The Morgan fingerprint density at radius 2 is 2.25 bits per heavy atom. The van der Waals surface area contributed by atoms with Crippen molar-refractivity contribution in [2.24, 2.45) is 7.05 Å². The second-order valence-electron chi connectivity index (χ2n) is 4.00. The second-order valence-corrected chi connectivity index (χ2v) is 4.00. The lowest BCUT2D eigenvalue weighted by Crippen LogP contribution is -2.14. The van der Waals surface area contributed by atoms with Crippen molar-refractivity contribution in [1.82, 2.24) is 9.78 Å². The Kier molecular flexibility index (Phi) is 3.34. The van der Waals surface area contributed by atoms with Crippen LogP contribution < -0.4 is 11.1 Å². The van der Waals surface area contributed by atoms with Crippen LogP contribution in [0.4, 0.5) is 21.5 Å². The van der Waals surface area contributed by atoms with E-state index in [4.69, 9.17) is 5.73 Å². The number of aryl methyl sites for hydroxylation is 1. The fourth-order valence-corrected chi connectivity index (χ4v) is 1.60. The molecule has 1 heterocycles. The zero-order valence-corrected chi connectivity index (χ0v) is 10.3. The third-order valence-corrected chi connectivity index (χ3v) is 2.52. The Bertz CT molecular complexity index is 697. The summed E-state index contributed by atoms with van der Waals surface area (Å²) in [6, 6.07) is 1.55. The van der Waals surface area contributed by atoms with Gasteiger partial charge in [0.1, 0.15) is 5.56 Å². The van der Waals surface area contributed by atoms with Crippen LogP contribution in [0, 0.1) is 15.9 Å². The lowest BCUT2D eigenvalue weighted by atomic mass is 10.1. The average molecular weight is 279 g/mol. The van der Waals surface area contributed by atoms with E-state index in [1.807, 2.05) is 0 Å². The molecule has 2 aromatic rings. The number of rotatable bonds is 3. The van der Waals surface area contributed by atoms with Gasteiger partial charge >= 0.3 is 0 Å². The molecule has 1 amide bonds. The number of aromatic nitrogens is 2. The number of amides is 1. The minimum Gasteiger partial charge on any atom is -0.396 e.